The first-order valence-corrected chi connectivity index (χ1v) is 5.37. The van der Waals surface area contributed by atoms with Crippen molar-refractivity contribution in [2.24, 2.45) is 16.8 Å². The first-order chi connectivity index (χ1) is 6.63. The van der Waals surface area contributed by atoms with E-state index >= 15 is 0 Å². The fourth-order valence-electron chi connectivity index (χ4n) is 1.95. The molecular weight excluding hydrogens is 178 g/mol. The molecule has 1 rings (SSSR count). The Bertz CT molecular complexity index is 198. The van der Waals surface area contributed by atoms with Crippen LogP contribution in [0.15, 0.2) is 5.16 Å². The highest BCUT2D eigenvalue weighted by Gasteiger charge is 2.20. The van der Waals surface area contributed by atoms with Crippen LogP contribution in [-0.4, -0.2) is 23.1 Å². The van der Waals surface area contributed by atoms with E-state index in [1.54, 1.807) is 0 Å². The Hall–Kier alpha value is -0.770. The lowest BCUT2D eigenvalue weighted by atomic mass is 9.87. The third kappa shape index (κ3) is 3.18. The van der Waals surface area contributed by atoms with Gasteiger partial charge in [0.05, 0.1) is 6.04 Å². The third-order valence-corrected chi connectivity index (χ3v) is 3.06. The summed E-state index contributed by atoms with van der Waals surface area (Å²) >= 11 is 0. The SMILES string of the molecule is CC1CCC(NC(C)/C(N)=N/O)CC1. The van der Waals surface area contributed by atoms with Gasteiger partial charge in [-0.25, -0.2) is 0 Å². The molecule has 0 spiro atoms. The Morgan fingerprint density at radius 2 is 2.00 bits per heavy atom. The minimum atomic E-state index is -0.0293. The molecule has 0 heterocycles. The van der Waals surface area contributed by atoms with Crippen molar-refractivity contribution < 1.29 is 5.21 Å². The second-order valence-electron chi connectivity index (χ2n) is 4.37. The Morgan fingerprint density at radius 3 is 2.50 bits per heavy atom. The molecule has 1 aliphatic rings. The monoisotopic (exact) mass is 199 g/mol. The molecule has 4 N–H and O–H groups in total. The molecule has 1 fully saturated rings. The number of hydrogen-bond acceptors (Lipinski definition) is 3. The Morgan fingerprint density at radius 1 is 1.43 bits per heavy atom. The summed E-state index contributed by atoms with van der Waals surface area (Å²) in [7, 11) is 0. The summed E-state index contributed by atoms with van der Waals surface area (Å²) in [5, 5.41) is 14.9. The van der Waals surface area contributed by atoms with Gasteiger partial charge in [-0.1, -0.05) is 12.1 Å². The van der Waals surface area contributed by atoms with Crippen molar-refractivity contribution >= 4 is 5.84 Å². The van der Waals surface area contributed by atoms with Crippen LogP contribution in [0.5, 0.6) is 0 Å². The molecule has 0 radical (unpaired) electrons. The molecule has 1 saturated carbocycles. The molecule has 1 unspecified atom stereocenters. The first kappa shape index (κ1) is 11.3. The van der Waals surface area contributed by atoms with Crippen LogP contribution < -0.4 is 11.1 Å². The Labute approximate surface area is 85.6 Å². The molecule has 4 nitrogen and oxygen atoms in total. The molecule has 1 atom stereocenters. The van der Waals surface area contributed by atoms with Crippen LogP contribution in [0.4, 0.5) is 0 Å². The van der Waals surface area contributed by atoms with Gasteiger partial charge in [0.15, 0.2) is 5.84 Å². The number of nitrogens with two attached hydrogens (primary N) is 1. The molecule has 14 heavy (non-hydrogen) atoms. The van der Waals surface area contributed by atoms with Gasteiger partial charge in [0.1, 0.15) is 0 Å². The number of amidine groups is 1. The minimum Gasteiger partial charge on any atom is -0.409 e. The molecule has 0 aliphatic heterocycles. The van der Waals surface area contributed by atoms with Crippen LogP contribution in [0.3, 0.4) is 0 Å². The van der Waals surface area contributed by atoms with Crippen LogP contribution >= 0.6 is 0 Å². The van der Waals surface area contributed by atoms with Crippen LogP contribution in [0.25, 0.3) is 0 Å². The maximum atomic E-state index is 8.50. The molecule has 0 saturated heterocycles. The quantitative estimate of drug-likeness (QED) is 0.277. The topological polar surface area (TPSA) is 70.6 Å². The number of nitrogens with one attached hydrogen (secondary N) is 1. The Balaban J connectivity index is 2.31. The number of hydrogen-bond donors (Lipinski definition) is 3. The van der Waals surface area contributed by atoms with Crippen molar-refractivity contribution in [3.05, 3.63) is 0 Å². The zero-order chi connectivity index (χ0) is 10.6. The minimum absolute atomic E-state index is 0.0293. The van der Waals surface area contributed by atoms with Gasteiger partial charge in [0.2, 0.25) is 0 Å². The molecule has 82 valence electrons. The van der Waals surface area contributed by atoms with E-state index in [-0.39, 0.29) is 11.9 Å². The second kappa shape index (κ2) is 5.20. The predicted octanol–water partition coefficient (Wildman–Crippen LogP) is 1.29. The molecule has 0 aromatic carbocycles. The summed E-state index contributed by atoms with van der Waals surface area (Å²) in [6.45, 7) is 4.22. The average molecular weight is 199 g/mol. The van der Waals surface area contributed by atoms with Crippen molar-refractivity contribution in [2.45, 2.75) is 51.6 Å². The van der Waals surface area contributed by atoms with E-state index in [1.807, 2.05) is 6.92 Å². The van der Waals surface area contributed by atoms with Gasteiger partial charge >= 0.3 is 0 Å². The van der Waals surface area contributed by atoms with Crippen molar-refractivity contribution in [1.29, 1.82) is 0 Å². The maximum Gasteiger partial charge on any atom is 0.156 e. The van der Waals surface area contributed by atoms with Crippen molar-refractivity contribution in [1.82, 2.24) is 5.32 Å². The molecular formula is C10H21N3O. The van der Waals surface area contributed by atoms with E-state index in [9.17, 15) is 0 Å². The van der Waals surface area contributed by atoms with Gasteiger partial charge < -0.3 is 16.3 Å². The molecule has 0 aromatic heterocycles. The van der Waals surface area contributed by atoms with E-state index < -0.39 is 0 Å². The summed E-state index contributed by atoms with van der Waals surface area (Å²) in [5.41, 5.74) is 5.50. The Kier molecular flexibility index (Phi) is 4.20. The molecule has 0 bridgehead atoms. The summed E-state index contributed by atoms with van der Waals surface area (Å²) in [4.78, 5) is 0. The fraction of sp³-hybridized carbons (Fsp3) is 0.900. The molecule has 4 heteroatoms. The van der Waals surface area contributed by atoms with E-state index in [0.29, 0.717) is 6.04 Å². The van der Waals surface area contributed by atoms with Crippen LogP contribution in [-0.2, 0) is 0 Å². The van der Waals surface area contributed by atoms with E-state index in [2.05, 4.69) is 17.4 Å². The maximum absolute atomic E-state index is 8.50. The van der Waals surface area contributed by atoms with E-state index in [4.69, 9.17) is 10.9 Å². The number of rotatable bonds is 3. The zero-order valence-corrected chi connectivity index (χ0v) is 9.03. The molecule has 0 aromatic rings. The van der Waals surface area contributed by atoms with E-state index in [0.717, 1.165) is 5.92 Å². The van der Waals surface area contributed by atoms with Gasteiger partial charge in [0.25, 0.3) is 0 Å². The lowest BCUT2D eigenvalue weighted by Crippen LogP contribution is -2.45. The lowest BCUT2D eigenvalue weighted by Gasteiger charge is -2.29. The standard InChI is InChI=1S/C10H21N3O/c1-7-3-5-9(6-4-7)12-8(2)10(11)13-14/h7-9,12,14H,3-6H2,1-2H3,(H2,11,13). The zero-order valence-electron chi connectivity index (χ0n) is 9.03. The van der Waals surface area contributed by atoms with Crippen molar-refractivity contribution in [3.63, 3.8) is 0 Å². The highest BCUT2D eigenvalue weighted by Crippen LogP contribution is 2.23. The van der Waals surface area contributed by atoms with Gasteiger partial charge in [0, 0.05) is 6.04 Å². The lowest BCUT2D eigenvalue weighted by molar-refractivity contribution is 0.294. The smallest absolute Gasteiger partial charge is 0.156 e. The second-order valence-corrected chi connectivity index (χ2v) is 4.37. The van der Waals surface area contributed by atoms with E-state index in [1.165, 1.54) is 25.7 Å². The van der Waals surface area contributed by atoms with Crippen LogP contribution in [0.1, 0.15) is 39.5 Å². The summed E-state index contributed by atoms with van der Waals surface area (Å²) in [6.07, 6.45) is 4.95. The van der Waals surface area contributed by atoms with Crippen LogP contribution in [0, 0.1) is 5.92 Å². The first-order valence-electron chi connectivity index (χ1n) is 5.37. The number of oxime groups is 1. The van der Waals surface area contributed by atoms with Crippen molar-refractivity contribution in [3.8, 4) is 0 Å². The normalized spacial score (nSPS) is 31.4. The predicted molar refractivity (Wildman–Crippen MR) is 57.4 cm³/mol. The summed E-state index contributed by atoms with van der Waals surface area (Å²) < 4.78 is 0. The van der Waals surface area contributed by atoms with Gasteiger partial charge in [-0.05, 0) is 38.5 Å². The summed E-state index contributed by atoms with van der Waals surface area (Å²) in [6, 6.07) is 0.500. The van der Waals surface area contributed by atoms with Gasteiger partial charge in [-0.3, -0.25) is 0 Å². The molecule has 0 amide bonds. The number of nitrogens with zero attached hydrogens (tertiary/aromatic N) is 1. The highest BCUT2D eigenvalue weighted by molar-refractivity contribution is 5.84. The summed E-state index contributed by atoms with van der Waals surface area (Å²) in [5.74, 6) is 1.12. The van der Waals surface area contributed by atoms with Gasteiger partial charge in [-0.15, -0.1) is 0 Å². The highest BCUT2D eigenvalue weighted by atomic mass is 16.4. The largest absolute Gasteiger partial charge is 0.409 e. The average Bonchev–Trinajstić information content (AvgIpc) is 2.20. The van der Waals surface area contributed by atoms with Crippen LogP contribution in [0.2, 0.25) is 0 Å². The fourth-order valence-corrected chi connectivity index (χ4v) is 1.95. The van der Waals surface area contributed by atoms with Gasteiger partial charge in [-0.2, -0.15) is 0 Å². The molecule has 1 aliphatic carbocycles. The van der Waals surface area contributed by atoms with Crippen molar-refractivity contribution in [2.75, 3.05) is 0 Å². The third-order valence-electron chi connectivity index (χ3n) is 3.06.